The van der Waals surface area contributed by atoms with Crippen LogP contribution in [0.4, 0.5) is 0 Å². The molecule has 1 unspecified atom stereocenters. The average molecular weight is 201 g/mol. The fourth-order valence-corrected chi connectivity index (χ4v) is 1.58. The van der Waals surface area contributed by atoms with E-state index in [4.69, 9.17) is 5.73 Å². The highest BCUT2D eigenvalue weighted by molar-refractivity contribution is 5.18. The monoisotopic (exact) mass is 201 g/mol. The Morgan fingerprint density at radius 3 is 2.60 bits per heavy atom. The van der Waals surface area contributed by atoms with Crippen LogP contribution >= 0.6 is 0 Å². The standard InChI is InChI=1S/C12H15N3/c1-10-7-8-14-15(10)9-12(13)11-5-3-2-4-6-11/h2-8,12H,9,13H2,1H3. The van der Waals surface area contributed by atoms with Crippen molar-refractivity contribution in [3.05, 3.63) is 53.9 Å². The van der Waals surface area contributed by atoms with Crippen molar-refractivity contribution in [2.24, 2.45) is 5.73 Å². The van der Waals surface area contributed by atoms with Crippen molar-refractivity contribution >= 4 is 0 Å². The molecule has 0 aliphatic heterocycles. The van der Waals surface area contributed by atoms with Gasteiger partial charge in [0.2, 0.25) is 0 Å². The van der Waals surface area contributed by atoms with Gasteiger partial charge in [0.15, 0.2) is 0 Å². The molecule has 3 heteroatoms. The van der Waals surface area contributed by atoms with Gasteiger partial charge in [-0.15, -0.1) is 0 Å². The van der Waals surface area contributed by atoms with Crippen LogP contribution in [0.15, 0.2) is 42.6 Å². The van der Waals surface area contributed by atoms with Crippen molar-refractivity contribution < 1.29 is 0 Å². The van der Waals surface area contributed by atoms with Crippen molar-refractivity contribution in [3.63, 3.8) is 0 Å². The fourth-order valence-electron chi connectivity index (χ4n) is 1.58. The van der Waals surface area contributed by atoms with Gasteiger partial charge in [0.05, 0.1) is 6.54 Å². The van der Waals surface area contributed by atoms with E-state index < -0.39 is 0 Å². The van der Waals surface area contributed by atoms with Crippen LogP contribution in [0.5, 0.6) is 0 Å². The Bertz CT molecular complexity index is 419. The number of aryl methyl sites for hydroxylation is 1. The lowest BCUT2D eigenvalue weighted by molar-refractivity contribution is 0.517. The third kappa shape index (κ3) is 2.25. The molecule has 0 spiro atoms. The Balaban J connectivity index is 2.11. The first-order valence-corrected chi connectivity index (χ1v) is 5.06. The lowest BCUT2D eigenvalue weighted by Gasteiger charge is -2.13. The van der Waals surface area contributed by atoms with Gasteiger partial charge in [-0.05, 0) is 18.6 Å². The molecule has 15 heavy (non-hydrogen) atoms. The van der Waals surface area contributed by atoms with E-state index in [0.29, 0.717) is 0 Å². The maximum atomic E-state index is 6.09. The first-order valence-electron chi connectivity index (χ1n) is 5.06. The number of nitrogens with zero attached hydrogens (tertiary/aromatic N) is 2. The van der Waals surface area contributed by atoms with Gasteiger partial charge in [-0.1, -0.05) is 30.3 Å². The summed E-state index contributed by atoms with van der Waals surface area (Å²) in [5.41, 5.74) is 8.38. The minimum atomic E-state index is 0.00444. The van der Waals surface area contributed by atoms with E-state index in [1.165, 1.54) is 0 Å². The second-order valence-corrected chi connectivity index (χ2v) is 3.67. The van der Waals surface area contributed by atoms with Gasteiger partial charge in [0, 0.05) is 17.9 Å². The normalized spacial score (nSPS) is 12.7. The zero-order chi connectivity index (χ0) is 10.7. The SMILES string of the molecule is Cc1ccnn1CC(N)c1ccccc1. The zero-order valence-corrected chi connectivity index (χ0v) is 8.80. The predicted molar refractivity (Wildman–Crippen MR) is 60.3 cm³/mol. The molecule has 1 aromatic heterocycles. The molecule has 1 heterocycles. The number of aromatic nitrogens is 2. The highest BCUT2D eigenvalue weighted by Gasteiger charge is 2.07. The summed E-state index contributed by atoms with van der Waals surface area (Å²) >= 11 is 0. The summed E-state index contributed by atoms with van der Waals surface area (Å²) in [5, 5.41) is 4.22. The third-order valence-corrected chi connectivity index (χ3v) is 2.53. The summed E-state index contributed by atoms with van der Waals surface area (Å²) < 4.78 is 1.93. The second-order valence-electron chi connectivity index (χ2n) is 3.67. The van der Waals surface area contributed by atoms with Crippen LogP contribution in [0.2, 0.25) is 0 Å². The fraction of sp³-hybridized carbons (Fsp3) is 0.250. The lowest BCUT2D eigenvalue weighted by atomic mass is 10.1. The van der Waals surface area contributed by atoms with Crippen LogP contribution in [0.1, 0.15) is 17.3 Å². The van der Waals surface area contributed by atoms with Crippen LogP contribution in [0.3, 0.4) is 0 Å². The van der Waals surface area contributed by atoms with Gasteiger partial charge in [-0.2, -0.15) is 5.10 Å². The highest BCUT2D eigenvalue weighted by atomic mass is 15.3. The van der Waals surface area contributed by atoms with Crippen molar-refractivity contribution in [3.8, 4) is 0 Å². The first-order chi connectivity index (χ1) is 7.27. The zero-order valence-electron chi connectivity index (χ0n) is 8.80. The number of benzene rings is 1. The maximum Gasteiger partial charge on any atom is 0.0605 e. The Kier molecular flexibility index (Phi) is 2.83. The van der Waals surface area contributed by atoms with Gasteiger partial charge in [0.25, 0.3) is 0 Å². The molecule has 2 rings (SSSR count). The Morgan fingerprint density at radius 2 is 2.00 bits per heavy atom. The van der Waals surface area contributed by atoms with Gasteiger partial charge in [-0.25, -0.2) is 0 Å². The van der Waals surface area contributed by atoms with Crippen molar-refractivity contribution in [2.75, 3.05) is 0 Å². The Labute approximate surface area is 89.5 Å². The minimum absolute atomic E-state index is 0.00444. The molecule has 0 bridgehead atoms. The lowest BCUT2D eigenvalue weighted by Crippen LogP contribution is -2.18. The van der Waals surface area contributed by atoms with Crippen molar-refractivity contribution in [1.29, 1.82) is 0 Å². The number of hydrogen-bond donors (Lipinski definition) is 1. The predicted octanol–water partition coefficient (Wildman–Crippen LogP) is 1.89. The van der Waals surface area contributed by atoms with Crippen molar-refractivity contribution in [1.82, 2.24) is 9.78 Å². The van der Waals surface area contributed by atoms with Gasteiger partial charge >= 0.3 is 0 Å². The first kappa shape index (κ1) is 9.93. The molecule has 0 radical (unpaired) electrons. The van der Waals surface area contributed by atoms with Crippen LogP contribution in [-0.4, -0.2) is 9.78 Å². The van der Waals surface area contributed by atoms with E-state index in [1.807, 2.05) is 48.0 Å². The molecule has 0 aliphatic rings. The number of hydrogen-bond acceptors (Lipinski definition) is 2. The molecule has 2 aromatic rings. The number of nitrogens with two attached hydrogens (primary N) is 1. The summed E-state index contributed by atoms with van der Waals surface area (Å²) in [4.78, 5) is 0. The van der Waals surface area contributed by atoms with Gasteiger partial charge in [0.1, 0.15) is 0 Å². The second kappa shape index (κ2) is 4.28. The van der Waals surface area contributed by atoms with E-state index in [1.54, 1.807) is 6.20 Å². The molecule has 1 atom stereocenters. The molecule has 0 amide bonds. The summed E-state index contributed by atoms with van der Waals surface area (Å²) in [6.45, 7) is 2.76. The molecule has 0 saturated heterocycles. The Hall–Kier alpha value is -1.61. The maximum absolute atomic E-state index is 6.09. The molecular weight excluding hydrogens is 186 g/mol. The van der Waals surface area contributed by atoms with Gasteiger partial charge in [-0.3, -0.25) is 4.68 Å². The van der Waals surface area contributed by atoms with E-state index in [0.717, 1.165) is 17.8 Å². The molecular formula is C12H15N3. The molecule has 2 N–H and O–H groups in total. The topological polar surface area (TPSA) is 43.8 Å². The van der Waals surface area contributed by atoms with E-state index in [9.17, 15) is 0 Å². The third-order valence-electron chi connectivity index (χ3n) is 2.53. The average Bonchev–Trinajstić information content (AvgIpc) is 2.66. The Morgan fingerprint density at radius 1 is 1.27 bits per heavy atom. The smallest absolute Gasteiger partial charge is 0.0605 e. The molecule has 0 aliphatic carbocycles. The summed E-state index contributed by atoms with van der Waals surface area (Å²) in [6.07, 6.45) is 1.80. The molecule has 0 fully saturated rings. The molecule has 78 valence electrons. The highest BCUT2D eigenvalue weighted by Crippen LogP contribution is 2.12. The largest absolute Gasteiger partial charge is 0.322 e. The van der Waals surface area contributed by atoms with Gasteiger partial charge < -0.3 is 5.73 Å². The van der Waals surface area contributed by atoms with Crippen LogP contribution in [0.25, 0.3) is 0 Å². The number of rotatable bonds is 3. The molecule has 3 nitrogen and oxygen atoms in total. The summed E-state index contributed by atoms with van der Waals surface area (Å²) in [7, 11) is 0. The van der Waals surface area contributed by atoms with Crippen LogP contribution in [0, 0.1) is 6.92 Å². The summed E-state index contributed by atoms with van der Waals surface area (Å²) in [5.74, 6) is 0. The summed E-state index contributed by atoms with van der Waals surface area (Å²) in [6, 6.07) is 12.1. The minimum Gasteiger partial charge on any atom is -0.322 e. The molecule has 1 aromatic carbocycles. The quantitative estimate of drug-likeness (QED) is 0.824. The molecule has 0 saturated carbocycles. The van der Waals surface area contributed by atoms with Crippen LogP contribution in [-0.2, 0) is 6.54 Å². The van der Waals surface area contributed by atoms with Crippen LogP contribution < -0.4 is 5.73 Å². The van der Waals surface area contributed by atoms with E-state index in [2.05, 4.69) is 5.10 Å². The van der Waals surface area contributed by atoms with E-state index >= 15 is 0 Å². The van der Waals surface area contributed by atoms with Crippen molar-refractivity contribution in [2.45, 2.75) is 19.5 Å². The van der Waals surface area contributed by atoms with E-state index in [-0.39, 0.29) is 6.04 Å².